The summed E-state index contributed by atoms with van der Waals surface area (Å²) in [6.07, 6.45) is 4.41. The number of unbranched alkanes of at least 4 members (excludes halogenated alkanes) is 3. The number of imidazole rings is 1. The first-order valence-corrected chi connectivity index (χ1v) is 13.4. The zero-order chi connectivity index (χ0) is 26.8. The molecule has 1 fully saturated rings. The minimum atomic E-state index is -0.998. The van der Waals surface area contributed by atoms with Gasteiger partial charge in [-0.1, -0.05) is 52.3 Å². The summed E-state index contributed by atoms with van der Waals surface area (Å²) >= 11 is 5.28. The molecule has 3 rings (SSSR count). The fraction of sp³-hybridized carbons (Fsp3) is 0.680. The van der Waals surface area contributed by atoms with Crippen LogP contribution in [0, 0.1) is 4.64 Å². The minimum absolute atomic E-state index is 0.155. The first-order valence-electron chi connectivity index (χ1n) is 13.0. The highest BCUT2D eigenvalue weighted by Gasteiger charge is 2.51. The van der Waals surface area contributed by atoms with E-state index in [9.17, 15) is 14.4 Å². The normalized spacial score (nSPS) is 21.2. The predicted octanol–water partition coefficient (Wildman–Crippen LogP) is 4.32. The van der Waals surface area contributed by atoms with Crippen LogP contribution in [0.1, 0.15) is 84.8 Å². The van der Waals surface area contributed by atoms with Gasteiger partial charge in [-0.15, -0.1) is 0 Å². The fourth-order valence-electron chi connectivity index (χ4n) is 4.03. The largest absolute Gasteiger partial charge is 0.463 e. The molecule has 0 radical (unpaired) electrons. The molecular formula is C25H36N4O7S. The van der Waals surface area contributed by atoms with Gasteiger partial charge in [-0.25, -0.2) is 9.97 Å². The number of hydrogen-bond acceptors (Lipinski definition) is 10. The molecule has 0 spiro atoms. The van der Waals surface area contributed by atoms with Gasteiger partial charge < -0.3 is 23.9 Å². The summed E-state index contributed by atoms with van der Waals surface area (Å²) in [6.45, 7) is 5.78. The van der Waals surface area contributed by atoms with E-state index in [0.29, 0.717) is 35.1 Å². The summed E-state index contributed by atoms with van der Waals surface area (Å²) in [7, 11) is 0. The Morgan fingerprint density at radius 2 is 1.54 bits per heavy atom. The molecule has 1 N–H and O–H groups in total. The van der Waals surface area contributed by atoms with Crippen LogP contribution in [0.4, 0.5) is 0 Å². The van der Waals surface area contributed by atoms with Crippen LogP contribution in [0.15, 0.2) is 12.7 Å². The Bertz CT molecular complexity index is 1120. The number of esters is 3. The summed E-state index contributed by atoms with van der Waals surface area (Å²) in [5.41, 5.74) is 0.958. The molecule has 0 aliphatic carbocycles. The van der Waals surface area contributed by atoms with Crippen LogP contribution in [-0.4, -0.2) is 62.3 Å². The van der Waals surface area contributed by atoms with Gasteiger partial charge in [-0.05, 0) is 19.3 Å². The van der Waals surface area contributed by atoms with Crippen molar-refractivity contribution >= 4 is 41.3 Å². The van der Waals surface area contributed by atoms with E-state index in [0.717, 1.165) is 19.3 Å². The van der Waals surface area contributed by atoms with Crippen LogP contribution in [0.3, 0.4) is 0 Å². The maximum atomic E-state index is 12.7. The number of fused-ring (bicyclic) bond motifs is 1. The second-order valence-electron chi connectivity index (χ2n) is 9.02. The molecule has 2 aromatic heterocycles. The molecule has 3 heterocycles. The number of carbonyl (C=O) groups is 3. The van der Waals surface area contributed by atoms with Crippen molar-refractivity contribution in [3.63, 3.8) is 0 Å². The molecule has 12 heteroatoms. The monoisotopic (exact) mass is 536 g/mol. The number of H-pyrrole nitrogens is 1. The number of nitrogens with zero attached hydrogens (tertiary/aromatic N) is 3. The highest BCUT2D eigenvalue weighted by Crippen LogP contribution is 2.36. The van der Waals surface area contributed by atoms with E-state index < -0.39 is 36.5 Å². The molecule has 0 bridgehead atoms. The van der Waals surface area contributed by atoms with Gasteiger partial charge in [0.25, 0.3) is 0 Å². The van der Waals surface area contributed by atoms with Gasteiger partial charge in [-0.2, -0.15) is 0 Å². The lowest BCUT2D eigenvalue weighted by Crippen LogP contribution is -2.41. The first-order chi connectivity index (χ1) is 17.9. The smallest absolute Gasteiger partial charge is 0.306 e. The first kappa shape index (κ1) is 28.7. The van der Waals surface area contributed by atoms with Gasteiger partial charge in [0.15, 0.2) is 23.1 Å². The van der Waals surface area contributed by atoms with Crippen LogP contribution in [-0.2, 0) is 33.3 Å². The van der Waals surface area contributed by atoms with Crippen LogP contribution < -0.4 is 0 Å². The Balaban J connectivity index is 1.93. The van der Waals surface area contributed by atoms with E-state index in [1.165, 1.54) is 12.7 Å². The second kappa shape index (κ2) is 14.2. The lowest BCUT2D eigenvalue weighted by molar-refractivity contribution is -0.169. The van der Waals surface area contributed by atoms with Gasteiger partial charge >= 0.3 is 17.9 Å². The summed E-state index contributed by atoms with van der Waals surface area (Å²) in [5.74, 6) is -1.24. The molecule has 4 atom stereocenters. The molecule has 2 aromatic rings. The van der Waals surface area contributed by atoms with Crippen molar-refractivity contribution in [2.75, 3.05) is 6.61 Å². The van der Waals surface area contributed by atoms with Gasteiger partial charge in [0.1, 0.15) is 23.9 Å². The number of aromatic amines is 1. The molecule has 1 saturated heterocycles. The topological polar surface area (TPSA) is 135 Å². The Labute approximate surface area is 221 Å². The molecule has 0 amide bonds. The summed E-state index contributed by atoms with van der Waals surface area (Å²) in [6, 6.07) is 0. The van der Waals surface area contributed by atoms with E-state index in [4.69, 9.17) is 31.2 Å². The number of hydrogen-bond donors (Lipinski definition) is 1. The van der Waals surface area contributed by atoms with E-state index >= 15 is 0 Å². The average Bonchev–Trinajstić information content (AvgIpc) is 3.46. The van der Waals surface area contributed by atoms with Crippen LogP contribution in [0.2, 0.25) is 0 Å². The molecule has 0 saturated carbocycles. The zero-order valence-electron chi connectivity index (χ0n) is 21.6. The Kier molecular flexibility index (Phi) is 11.0. The molecule has 204 valence electrons. The fourth-order valence-corrected chi connectivity index (χ4v) is 4.23. The zero-order valence-corrected chi connectivity index (χ0v) is 22.5. The Morgan fingerprint density at radius 3 is 2.16 bits per heavy atom. The van der Waals surface area contributed by atoms with Crippen molar-refractivity contribution in [3.8, 4) is 0 Å². The minimum Gasteiger partial charge on any atom is -0.463 e. The standard InChI is InChI=1S/C25H36N4O7S/c1-4-7-10-17(30)33-13-16-21(35-18(31)11-8-5-2)22(36-19(32)12-9-6-3)25(34-16)29-15-28-20-23(29)26-14-27-24(20)37/h14-16,21-22,25H,4-13H2,1-3H3,(H,26,27,37). The van der Waals surface area contributed by atoms with E-state index in [2.05, 4.69) is 15.0 Å². The number of rotatable bonds is 14. The van der Waals surface area contributed by atoms with Crippen molar-refractivity contribution in [2.24, 2.45) is 0 Å². The highest BCUT2D eigenvalue weighted by molar-refractivity contribution is 7.71. The van der Waals surface area contributed by atoms with E-state index in [-0.39, 0.29) is 31.8 Å². The van der Waals surface area contributed by atoms with Crippen molar-refractivity contribution in [3.05, 3.63) is 17.3 Å². The number of aromatic nitrogens is 4. The van der Waals surface area contributed by atoms with Crippen molar-refractivity contribution in [1.29, 1.82) is 0 Å². The molecule has 1 aliphatic rings. The third kappa shape index (κ3) is 7.57. The molecule has 11 nitrogen and oxygen atoms in total. The van der Waals surface area contributed by atoms with Crippen LogP contribution >= 0.6 is 12.2 Å². The van der Waals surface area contributed by atoms with Crippen molar-refractivity contribution < 1.29 is 33.3 Å². The number of ether oxygens (including phenoxy) is 4. The average molecular weight is 537 g/mol. The Hall–Kier alpha value is -2.86. The number of carbonyl (C=O) groups excluding carboxylic acids is 3. The quantitative estimate of drug-likeness (QED) is 0.211. The van der Waals surface area contributed by atoms with Gasteiger partial charge in [-0.3, -0.25) is 19.0 Å². The maximum Gasteiger partial charge on any atom is 0.306 e. The van der Waals surface area contributed by atoms with Crippen LogP contribution in [0.5, 0.6) is 0 Å². The van der Waals surface area contributed by atoms with Crippen LogP contribution in [0.25, 0.3) is 11.2 Å². The SMILES string of the molecule is CCCCC(=O)OCC1OC(n2cnc3c(=S)nc[nH]c32)C(OC(=O)CCCC)C1OC(=O)CCCC. The lowest BCUT2D eigenvalue weighted by atomic mass is 10.1. The molecule has 1 aliphatic heterocycles. The molecule has 37 heavy (non-hydrogen) atoms. The van der Waals surface area contributed by atoms with Crippen molar-refractivity contribution in [1.82, 2.24) is 19.5 Å². The molecule has 4 unspecified atom stereocenters. The maximum absolute atomic E-state index is 12.7. The van der Waals surface area contributed by atoms with Crippen molar-refractivity contribution in [2.45, 2.75) is 103 Å². The van der Waals surface area contributed by atoms with E-state index in [1.54, 1.807) is 4.57 Å². The molecular weight excluding hydrogens is 500 g/mol. The number of nitrogens with one attached hydrogen (secondary N) is 1. The second-order valence-corrected chi connectivity index (χ2v) is 9.41. The highest BCUT2D eigenvalue weighted by atomic mass is 32.1. The summed E-state index contributed by atoms with van der Waals surface area (Å²) in [4.78, 5) is 49.0. The van der Waals surface area contributed by atoms with Gasteiger partial charge in [0.05, 0.1) is 12.7 Å². The Morgan fingerprint density at radius 1 is 0.946 bits per heavy atom. The van der Waals surface area contributed by atoms with Gasteiger partial charge in [0, 0.05) is 19.3 Å². The third-order valence-electron chi connectivity index (χ3n) is 6.09. The predicted molar refractivity (Wildman–Crippen MR) is 136 cm³/mol. The third-order valence-corrected chi connectivity index (χ3v) is 6.38. The lowest BCUT2D eigenvalue weighted by Gasteiger charge is -2.25. The van der Waals surface area contributed by atoms with E-state index in [1.807, 2.05) is 20.8 Å². The summed E-state index contributed by atoms with van der Waals surface area (Å²) < 4.78 is 25.3. The summed E-state index contributed by atoms with van der Waals surface area (Å²) in [5, 5.41) is 0. The molecule has 0 aromatic carbocycles. The van der Waals surface area contributed by atoms with Gasteiger partial charge in [0.2, 0.25) is 0 Å².